The minimum atomic E-state index is -0.231. The van der Waals surface area contributed by atoms with Gasteiger partial charge in [-0.2, -0.15) is 26.7 Å². The molecule has 0 aliphatic rings. The molecular weight excluding hydrogens is 229 g/mol. The zero-order chi connectivity index (χ0) is 11.8. The highest BCUT2D eigenvalue weighted by molar-refractivity contribution is 7.98. The topological polar surface area (TPSA) is 90.7 Å². The highest BCUT2D eigenvalue weighted by Crippen LogP contribution is 2.12. The highest BCUT2D eigenvalue weighted by Gasteiger charge is 2.01. The van der Waals surface area contributed by atoms with Crippen molar-refractivity contribution in [3.05, 3.63) is 5.82 Å². The van der Waals surface area contributed by atoms with Crippen LogP contribution in [0.1, 0.15) is 25.1 Å². The van der Waals surface area contributed by atoms with E-state index < -0.39 is 0 Å². The third-order valence-electron chi connectivity index (χ3n) is 1.87. The van der Waals surface area contributed by atoms with Gasteiger partial charge in [-0.3, -0.25) is 4.39 Å². The van der Waals surface area contributed by atoms with E-state index in [2.05, 4.69) is 15.0 Å². The second kappa shape index (κ2) is 7.21. The number of nitrogen functional groups attached to an aromatic ring is 2. The Bertz CT molecular complexity index is 303. The van der Waals surface area contributed by atoms with Gasteiger partial charge in [-0.25, -0.2) is 0 Å². The molecule has 0 spiro atoms. The number of aromatic nitrogens is 3. The number of rotatable bonds is 7. The average molecular weight is 245 g/mol. The Morgan fingerprint density at radius 2 is 1.69 bits per heavy atom. The lowest BCUT2D eigenvalue weighted by molar-refractivity contribution is 0.460. The van der Waals surface area contributed by atoms with Crippen LogP contribution < -0.4 is 11.5 Å². The van der Waals surface area contributed by atoms with E-state index in [1.165, 1.54) is 0 Å². The molecule has 5 nitrogen and oxygen atoms in total. The monoisotopic (exact) mass is 245 g/mol. The Labute approximate surface area is 98.2 Å². The molecule has 1 rings (SSSR count). The van der Waals surface area contributed by atoms with Gasteiger partial charge >= 0.3 is 0 Å². The number of hydrogen-bond acceptors (Lipinski definition) is 6. The van der Waals surface area contributed by atoms with E-state index in [-0.39, 0.29) is 18.6 Å². The van der Waals surface area contributed by atoms with Crippen LogP contribution in [-0.4, -0.2) is 27.4 Å². The van der Waals surface area contributed by atoms with Crippen LogP contribution in [0, 0.1) is 0 Å². The summed E-state index contributed by atoms with van der Waals surface area (Å²) in [6.45, 7) is -0.231. The first-order valence-electron chi connectivity index (χ1n) is 5.12. The van der Waals surface area contributed by atoms with E-state index in [1.807, 2.05) is 0 Å². The van der Waals surface area contributed by atoms with Gasteiger partial charge in [-0.05, 0) is 18.6 Å². The summed E-state index contributed by atoms with van der Waals surface area (Å²) in [6, 6.07) is 0. The molecule has 0 saturated carbocycles. The van der Waals surface area contributed by atoms with E-state index in [1.54, 1.807) is 11.8 Å². The largest absolute Gasteiger partial charge is 0.368 e. The molecule has 0 aromatic carbocycles. The van der Waals surface area contributed by atoms with Crippen molar-refractivity contribution >= 4 is 23.7 Å². The molecule has 0 fully saturated rings. The minimum absolute atomic E-state index is 0.153. The molecule has 0 aliphatic heterocycles. The van der Waals surface area contributed by atoms with E-state index in [0.717, 1.165) is 18.6 Å². The Morgan fingerprint density at radius 1 is 1.00 bits per heavy atom. The molecule has 90 valence electrons. The summed E-state index contributed by atoms with van der Waals surface area (Å²) < 4.78 is 11.8. The first-order chi connectivity index (χ1) is 7.72. The number of hydrogen-bond donors (Lipinski definition) is 2. The van der Waals surface area contributed by atoms with Crippen molar-refractivity contribution in [2.75, 3.05) is 23.9 Å². The minimum Gasteiger partial charge on any atom is -0.368 e. The molecule has 1 heterocycles. The van der Waals surface area contributed by atoms with Crippen molar-refractivity contribution in [1.29, 1.82) is 0 Å². The number of nitrogens with two attached hydrogens (primary N) is 2. The molecule has 0 aliphatic carbocycles. The first-order valence-corrected chi connectivity index (χ1v) is 6.27. The van der Waals surface area contributed by atoms with E-state index in [0.29, 0.717) is 18.0 Å². The van der Waals surface area contributed by atoms with Gasteiger partial charge in [0.2, 0.25) is 11.9 Å². The number of unbranched alkanes of at least 4 members (excludes halogenated alkanes) is 2. The van der Waals surface area contributed by atoms with Gasteiger partial charge in [0, 0.05) is 0 Å². The van der Waals surface area contributed by atoms with Gasteiger partial charge in [-0.15, -0.1) is 0 Å². The molecule has 0 radical (unpaired) electrons. The van der Waals surface area contributed by atoms with Crippen molar-refractivity contribution in [3.8, 4) is 0 Å². The number of alkyl halides is 1. The van der Waals surface area contributed by atoms with Gasteiger partial charge in [0.25, 0.3) is 0 Å². The third kappa shape index (κ3) is 5.11. The van der Waals surface area contributed by atoms with Crippen LogP contribution in [0.5, 0.6) is 0 Å². The number of anilines is 2. The number of halogens is 1. The predicted molar refractivity (Wildman–Crippen MR) is 64.6 cm³/mol. The summed E-state index contributed by atoms with van der Waals surface area (Å²) >= 11 is 1.69. The maximum absolute atomic E-state index is 11.8. The van der Waals surface area contributed by atoms with Crippen LogP contribution in [0.2, 0.25) is 0 Å². The van der Waals surface area contributed by atoms with Crippen molar-refractivity contribution < 1.29 is 4.39 Å². The van der Waals surface area contributed by atoms with E-state index in [9.17, 15) is 4.39 Å². The molecular formula is C9H16FN5S. The van der Waals surface area contributed by atoms with Gasteiger partial charge in [0.05, 0.1) is 12.4 Å². The predicted octanol–water partition coefficient (Wildman–Crippen LogP) is 1.41. The Hall–Kier alpha value is -1.11. The Morgan fingerprint density at radius 3 is 2.31 bits per heavy atom. The third-order valence-corrected chi connectivity index (χ3v) is 2.91. The number of thioether (sulfide) groups is 1. The second-order valence-electron chi connectivity index (χ2n) is 3.27. The molecule has 1 aromatic rings. The molecule has 0 amide bonds. The highest BCUT2D eigenvalue weighted by atomic mass is 32.2. The zero-order valence-electron chi connectivity index (χ0n) is 9.03. The van der Waals surface area contributed by atoms with Crippen molar-refractivity contribution in [3.63, 3.8) is 0 Å². The molecule has 16 heavy (non-hydrogen) atoms. The maximum atomic E-state index is 11.8. The molecule has 1 aromatic heterocycles. The molecule has 0 bridgehead atoms. The van der Waals surface area contributed by atoms with E-state index in [4.69, 9.17) is 11.5 Å². The summed E-state index contributed by atoms with van der Waals surface area (Å²) in [5.74, 6) is 2.53. The van der Waals surface area contributed by atoms with Crippen LogP contribution in [0.4, 0.5) is 16.3 Å². The quantitative estimate of drug-likeness (QED) is 0.706. The molecule has 7 heteroatoms. The van der Waals surface area contributed by atoms with Gasteiger partial charge in [-0.1, -0.05) is 6.42 Å². The van der Waals surface area contributed by atoms with Crippen LogP contribution >= 0.6 is 11.8 Å². The lowest BCUT2D eigenvalue weighted by atomic mass is 10.3. The molecule has 0 saturated heterocycles. The fraction of sp³-hybridized carbons (Fsp3) is 0.667. The second-order valence-corrected chi connectivity index (χ2v) is 4.38. The van der Waals surface area contributed by atoms with Crippen LogP contribution in [0.15, 0.2) is 0 Å². The summed E-state index contributed by atoms with van der Waals surface area (Å²) in [6.07, 6.45) is 2.57. The summed E-state index contributed by atoms with van der Waals surface area (Å²) in [5, 5.41) is 0. The standard InChI is InChI=1S/C9H16FN5S/c10-4-2-1-3-5-16-6-7-13-8(11)15-9(12)14-7/h1-6H2,(H4,11,12,13,14,15). The number of nitrogens with zero attached hydrogens (tertiary/aromatic N) is 3. The average Bonchev–Trinajstić information content (AvgIpc) is 2.22. The van der Waals surface area contributed by atoms with Gasteiger partial charge in [0.15, 0.2) is 0 Å². The van der Waals surface area contributed by atoms with Crippen molar-refractivity contribution in [1.82, 2.24) is 15.0 Å². The van der Waals surface area contributed by atoms with E-state index >= 15 is 0 Å². The van der Waals surface area contributed by atoms with Crippen molar-refractivity contribution in [2.45, 2.75) is 25.0 Å². The molecule has 0 unspecified atom stereocenters. The zero-order valence-corrected chi connectivity index (χ0v) is 9.84. The lowest BCUT2D eigenvalue weighted by Crippen LogP contribution is -2.06. The summed E-state index contributed by atoms with van der Waals surface area (Å²) in [7, 11) is 0. The Balaban J connectivity index is 2.21. The SMILES string of the molecule is Nc1nc(N)nc(CSCCCCCF)n1. The smallest absolute Gasteiger partial charge is 0.225 e. The fourth-order valence-corrected chi connectivity index (χ4v) is 2.02. The first kappa shape index (κ1) is 13.0. The Kier molecular flexibility index (Phi) is 5.84. The van der Waals surface area contributed by atoms with Crippen LogP contribution in [0.25, 0.3) is 0 Å². The van der Waals surface area contributed by atoms with Crippen LogP contribution in [-0.2, 0) is 5.75 Å². The normalized spacial score (nSPS) is 10.6. The van der Waals surface area contributed by atoms with Crippen LogP contribution in [0.3, 0.4) is 0 Å². The lowest BCUT2D eigenvalue weighted by Gasteiger charge is -2.02. The van der Waals surface area contributed by atoms with Gasteiger partial charge in [0.1, 0.15) is 5.82 Å². The molecule has 0 atom stereocenters. The maximum Gasteiger partial charge on any atom is 0.225 e. The fourth-order valence-electron chi connectivity index (χ4n) is 1.16. The summed E-state index contributed by atoms with van der Waals surface area (Å²) in [4.78, 5) is 11.6. The summed E-state index contributed by atoms with van der Waals surface area (Å²) in [5.41, 5.74) is 10.9. The van der Waals surface area contributed by atoms with Gasteiger partial charge < -0.3 is 11.5 Å². The molecule has 4 N–H and O–H groups in total. The van der Waals surface area contributed by atoms with Crippen molar-refractivity contribution in [2.24, 2.45) is 0 Å².